The van der Waals surface area contributed by atoms with Crippen LogP contribution >= 0.6 is 24.0 Å². The van der Waals surface area contributed by atoms with Gasteiger partial charge in [0.25, 0.3) is 5.69 Å². The molecule has 2 rings (SSSR count). The van der Waals surface area contributed by atoms with Crippen molar-refractivity contribution >= 4 is 29.7 Å². The van der Waals surface area contributed by atoms with E-state index in [1.54, 1.807) is 12.1 Å². The second kappa shape index (κ2) is 7.65. The van der Waals surface area contributed by atoms with Gasteiger partial charge in [-0.2, -0.15) is 0 Å². The van der Waals surface area contributed by atoms with Crippen LogP contribution in [0.15, 0.2) is 18.2 Å². The summed E-state index contributed by atoms with van der Waals surface area (Å²) in [6.45, 7) is 4.73. The maximum absolute atomic E-state index is 10.8. The zero-order valence-electron chi connectivity index (χ0n) is 10.5. The minimum Gasteiger partial charge on any atom is -0.315 e. The molecule has 0 bridgehead atoms. The van der Waals surface area contributed by atoms with Crippen LogP contribution in [0.2, 0.25) is 5.02 Å². The van der Waals surface area contributed by atoms with Crippen molar-refractivity contribution in [3.63, 3.8) is 0 Å². The molecule has 5 nitrogen and oxygen atoms in total. The molecule has 0 atom stereocenters. The van der Waals surface area contributed by atoms with Gasteiger partial charge < -0.3 is 5.32 Å². The highest BCUT2D eigenvalue weighted by Gasteiger charge is 2.15. The minimum absolute atomic E-state index is 0. The molecule has 1 N–H and O–H groups in total. The highest BCUT2D eigenvalue weighted by molar-refractivity contribution is 6.32. The van der Waals surface area contributed by atoms with Crippen molar-refractivity contribution in [1.82, 2.24) is 10.2 Å². The van der Waals surface area contributed by atoms with E-state index in [4.69, 9.17) is 11.6 Å². The molecule has 0 amide bonds. The fraction of sp³-hybridized carbons (Fsp3) is 0.500. The number of hydrogen-bond donors (Lipinski definition) is 1. The van der Waals surface area contributed by atoms with E-state index < -0.39 is 4.92 Å². The lowest BCUT2D eigenvalue weighted by Gasteiger charge is -2.19. The minimum atomic E-state index is -0.435. The fourth-order valence-electron chi connectivity index (χ4n) is 2.11. The van der Waals surface area contributed by atoms with Crippen LogP contribution in [0.25, 0.3) is 0 Å². The van der Waals surface area contributed by atoms with Gasteiger partial charge in [0.05, 0.1) is 4.92 Å². The predicted molar refractivity (Wildman–Crippen MR) is 78.1 cm³/mol. The number of halogens is 2. The molecule has 0 spiro atoms. The van der Waals surface area contributed by atoms with Crippen LogP contribution in [0, 0.1) is 10.1 Å². The largest absolute Gasteiger partial charge is 0.315 e. The molecule has 0 aliphatic carbocycles. The van der Waals surface area contributed by atoms with E-state index in [0.717, 1.165) is 44.7 Å². The van der Waals surface area contributed by atoms with Crippen molar-refractivity contribution < 1.29 is 4.92 Å². The van der Waals surface area contributed by atoms with Gasteiger partial charge in [0, 0.05) is 25.7 Å². The molecule has 1 heterocycles. The third kappa shape index (κ3) is 4.62. The van der Waals surface area contributed by atoms with Gasteiger partial charge in [-0.05, 0) is 31.1 Å². The standard InChI is InChI=1S/C12H16ClN3O2.ClH/c13-11-3-2-10(8-12(11)16(17)18)9-15-6-1-4-14-5-7-15;/h2-3,8,14H,1,4-7,9H2;1H. The molecule has 19 heavy (non-hydrogen) atoms. The summed E-state index contributed by atoms with van der Waals surface area (Å²) in [6.07, 6.45) is 1.11. The van der Waals surface area contributed by atoms with Gasteiger partial charge in [-0.1, -0.05) is 17.7 Å². The molecule has 0 saturated carbocycles. The van der Waals surface area contributed by atoms with Crippen LogP contribution < -0.4 is 5.32 Å². The van der Waals surface area contributed by atoms with Crippen molar-refractivity contribution in [2.45, 2.75) is 13.0 Å². The molecule has 1 fully saturated rings. The number of nitro benzene ring substituents is 1. The first-order valence-electron chi connectivity index (χ1n) is 6.03. The van der Waals surface area contributed by atoms with Crippen LogP contribution in [0.3, 0.4) is 0 Å². The SMILES string of the molecule is Cl.O=[N+]([O-])c1cc(CN2CCCNCC2)ccc1Cl. The molecule has 0 radical (unpaired) electrons. The van der Waals surface area contributed by atoms with Crippen molar-refractivity contribution in [1.29, 1.82) is 0 Å². The van der Waals surface area contributed by atoms with Crippen LogP contribution in [0.1, 0.15) is 12.0 Å². The number of nitrogens with zero attached hydrogens (tertiary/aromatic N) is 2. The van der Waals surface area contributed by atoms with Gasteiger partial charge in [0.15, 0.2) is 0 Å². The highest BCUT2D eigenvalue weighted by atomic mass is 35.5. The van der Waals surface area contributed by atoms with Crippen LogP contribution in [0.4, 0.5) is 5.69 Å². The summed E-state index contributed by atoms with van der Waals surface area (Å²) in [4.78, 5) is 12.7. The summed E-state index contributed by atoms with van der Waals surface area (Å²) < 4.78 is 0. The first kappa shape index (κ1) is 16.2. The van der Waals surface area contributed by atoms with E-state index in [1.165, 1.54) is 0 Å². The van der Waals surface area contributed by atoms with Crippen molar-refractivity contribution in [3.8, 4) is 0 Å². The molecular weight excluding hydrogens is 289 g/mol. The quantitative estimate of drug-likeness (QED) is 0.688. The smallest absolute Gasteiger partial charge is 0.288 e. The van der Waals surface area contributed by atoms with E-state index in [2.05, 4.69) is 10.2 Å². The molecule has 0 unspecified atom stereocenters. The molecule has 1 saturated heterocycles. The van der Waals surface area contributed by atoms with Crippen LogP contribution in [-0.2, 0) is 6.54 Å². The summed E-state index contributed by atoms with van der Waals surface area (Å²) in [5.74, 6) is 0. The molecular formula is C12H17Cl2N3O2. The third-order valence-corrected chi connectivity index (χ3v) is 3.37. The zero-order chi connectivity index (χ0) is 13.0. The Kier molecular flexibility index (Phi) is 6.51. The maximum atomic E-state index is 10.8. The summed E-state index contributed by atoms with van der Waals surface area (Å²) in [6, 6.07) is 5.03. The Morgan fingerprint density at radius 2 is 2.16 bits per heavy atom. The number of nitro groups is 1. The Morgan fingerprint density at radius 1 is 1.37 bits per heavy atom. The molecule has 1 aromatic carbocycles. The first-order chi connectivity index (χ1) is 8.66. The number of hydrogen-bond acceptors (Lipinski definition) is 4. The molecule has 7 heteroatoms. The van der Waals surface area contributed by atoms with Crippen molar-refractivity contribution in [3.05, 3.63) is 38.9 Å². The lowest BCUT2D eigenvalue weighted by Crippen LogP contribution is -2.27. The number of nitrogens with one attached hydrogen (secondary N) is 1. The topological polar surface area (TPSA) is 58.4 Å². The molecule has 1 aliphatic rings. The Labute approximate surface area is 123 Å². The Bertz CT molecular complexity index is 435. The van der Waals surface area contributed by atoms with E-state index in [1.807, 2.05) is 6.07 Å². The first-order valence-corrected chi connectivity index (χ1v) is 6.40. The summed E-state index contributed by atoms with van der Waals surface area (Å²) in [7, 11) is 0. The van der Waals surface area contributed by atoms with Crippen LogP contribution in [-0.4, -0.2) is 36.0 Å². The van der Waals surface area contributed by atoms with Crippen molar-refractivity contribution in [2.75, 3.05) is 26.2 Å². The average Bonchev–Trinajstić information content (AvgIpc) is 2.60. The van der Waals surface area contributed by atoms with Gasteiger partial charge in [0.2, 0.25) is 0 Å². The maximum Gasteiger partial charge on any atom is 0.288 e. The summed E-state index contributed by atoms with van der Waals surface area (Å²) in [5.41, 5.74) is 0.926. The second-order valence-electron chi connectivity index (χ2n) is 4.42. The van der Waals surface area contributed by atoms with E-state index in [9.17, 15) is 10.1 Å². The normalized spacial score (nSPS) is 16.5. The molecule has 0 aromatic heterocycles. The van der Waals surface area contributed by atoms with E-state index in [0.29, 0.717) is 0 Å². The Balaban J connectivity index is 0.00000180. The summed E-state index contributed by atoms with van der Waals surface area (Å²) in [5, 5.41) is 14.3. The van der Waals surface area contributed by atoms with Crippen LogP contribution in [0.5, 0.6) is 0 Å². The summed E-state index contributed by atoms with van der Waals surface area (Å²) >= 11 is 5.79. The van der Waals surface area contributed by atoms with E-state index >= 15 is 0 Å². The predicted octanol–water partition coefficient (Wildman–Crippen LogP) is 2.47. The zero-order valence-corrected chi connectivity index (χ0v) is 12.0. The van der Waals surface area contributed by atoms with Gasteiger partial charge in [0.1, 0.15) is 5.02 Å². The molecule has 1 aliphatic heterocycles. The second-order valence-corrected chi connectivity index (χ2v) is 4.83. The lowest BCUT2D eigenvalue weighted by atomic mass is 10.2. The Morgan fingerprint density at radius 3 is 2.89 bits per heavy atom. The number of benzene rings is 1. The van der Waals surface area contributed by atoms with Gasteiger partial charge in [-0.3, -0.25) is 15.0 Å². The lowest BCUT2D eigenvalue weighted by molar-refractivity contribution is -0.384. The monoisotopic (exact) mass is 305 g/mol. The Hall–Kier alpha value is -0.880. The fourth-order valence-corrected chi connectivity index (χ4v) is 2.30. The third-order valence-electron chi connectivity index (χ3n) is 3.05. The number of rotatable bonds is 3. The van der Waals surface area contributed by atoms with E-state index in [-0.39, 0.29) is 23.1 Å². The molecule has 106 valence electrons. The van der Waals surface area contributed by atoms with Gasteiger partial charge >= 0.3 is 0 Å². The van der Waals surface area contributed by atoms with Crippen molar-refractivity contribution in [2.24, 2.45) is 0 Å². The van der Waals surface area contributed by atoms with Gasteiger partial charge in [-0.25, -0.2) is 0 Å². The molecule has 1 aromatic rings. The van der Waals surface area contributed by atoms with Gasteiger partial charge in [-0.15, -0.1) is 12.4 Å². The average molecular weight is 306 g/mol. The highest BCUT2D eigenvalue weighted by Crippen LogP contribution is 2.25.